The highest BCUT2D eigenvalue weighted by Gasteiger charge is 2.48. The van der Waals surface area contributed by atoms with Gasteiger partial charge in [0, 0.05) is 17.0 Å². The highest BCUT2D eigenvalue weighted by Crippen LogP contribution is 2.34. The third kappa shape index (κ3) is 2.44. The number of carbonyl (C=O) groups excluding carboxylic acids is 1. The lowest BCUT2D eigenvalue weighted by Gasteiger charge is -2.44. The number of sulfonamides is 1. The lowest BCUT2D eigenvalue weighted by Crippen LogP contribution is -2.60. The summed E-state index contributed by atoms with van der Waals surface area (Å²) in [6, 6.07) is 4.48. The van der Waals surface area contributed by atoms with Crippen LogP contribution in [0.3, 0.4) is 0 Å². The van der Waals surface area contributed by atoms with Crippen molar-refractivity contribution in [1.82, 2.24) is 4.31 Å². The van der Waals surface area contributed by atoms with Gasteiger partial charge < -0.3 is 9.84 Å². The van der Waals surface area contributed by atoms with Gasteiger partial charge in [-0.2, -0.15) is 4.31 Å². The second-order valence-electron chi connectivity index (χ2n) is 5.21. The van der Waals surface area contributed by atoms with E-state index in [1.54, 1.807) is 0 Å². The summed E-state index contributed by atoms with van der Waals surface area (Å²) in [4.78, 5) is 12.1. The van der Waals surface area contributed by atoms with Gasteiger partial charge in [0.15, 0.2) is 5.78 Å². The minimum Gasteiger partial charge on any atom is -0.515 e. The van der Waals surface area contributed by atoms with Gasteiger partial charge in [0.2, 0.25) is 10.0 Å². The molecule has 1 aromatic carbocycles. The molecule has 2 heterocycles. The molecule has 22 heavy (non-hydrogen) atoms. The zero-order valence-electron chi connectivity index (χ0n) is 11.5. The van der Waals surface area contributed by atoms with Crippen LogP contribution in [0.2, 0.25) is 5.02 Å². The number of Topliss-reactive ketones (excluding diaryl/α,β-unsaturated/α-hetero) is 1. The van der Waals surface area contributed by atoms with Crippen LogP contribution in [0.5, 0.6) is 0 Å². The molecule has 118 valence electrons. The van der Waals surface area contributed by atoms with Crippen molar-refractivity contribution in [3.63, 3.8) is 0 Å². The summed E-state index contributed by atoms with van der Waals surface area (Å²) in [5.41, 5.74) is 0.0634. The summed E-state index contributed by atoms with van der Waals surface area (Å²) < 4.78 is 32.4. The number of benzene rings is 1. The topological polar surface area (TPSA) is 83.9 Å². The smallest absolute Gasteiger partial charge is 0.244 e. The number of rotatable bonds is 2. The normalized spacial score (nSPS) is 28.0. The number of hydrogen-bond acceptors (Lipinski definition) is 5. The van der Waals surface area contributed by atoms with E-state index in [0.717, 1.165) is 0 Å². The van der Waals surface area contributed by atoms with Crippen LogP contribution in [0, 0.1) is 0 Å². The van der Waals surface area contributed by atoms with Gasteiger partial charge in [-0.1, -0.05) is 11.6 Å². The summed E-state index contributed by atoms with van der Waals surface area (Å²) in [5, 5.41) is 9.72. The maximum absolute atomic E-state index is 12.9. The maximum Gasteiger partial charge on any atom is 0.244 e. The van der Waals surface area contributed by atoms with Crippen LogP contribution in [0.25, 0.3) is 0 Å². The van der Waals surface area contributed by atoms with Gasteiger partial charge in [0.05, 0.1) is 36.5 Å². The molecule has 2 aliphatic heterocycles. The molecule has 2 bridgehead atoms. The predicted octanol–water partition coefficient (Wildman–Crippen LogP) is 1.51. The molecule has 6 nitrogen and oxygen atoms in total. The largest absolute Gasteiger partial charge is 0.515 e. The van der Waals surface area contributed by atoms with Gasteiger partial charge in [-0.05, 0) is 24.3 Å². The molecule has 1 N–H and O–H groups in total. The molecule has 0 aliphatic carbocycles. The Morgan fingerprint density at radius 1 is 1.27 bits per heavy atom. The highest BCUT2D eigenvalue weighted by molar-refractivity contribution is 7.89. The van der Waals surface area contributed by atoms with Crippen LogP contribution in [-0.4, -0.2) is 48.9 Å². The molecule has 2 fully saturated rings. The van der Waals surface area contributed by atoms with Gasteiger partial charge in [-0.3, -0.25) is 4.79 Å². The summed E-state index contributed by atoms with van der Waals surface area (Å²) in [6.07, 6.45) is 0.679. The number of morpholine rings is 1. The van der Waals surface area contributed by atoms with E-state index < -0.39 is 22.1 Å². The molecule has 3 rings (SSSR count). The third-order valence-corrected chi connectivity index (χ3v) is 6.11. The molecule has 1 aromatic rings. The minimum atomic E-state index is -3.81. The van der Waals surface area contributed by atoms with E-state index in [0.29, 0.717) is 11.3 Å². The van der Waals surface area contributed by atoms with Gasteiger partial charge >= 0.3 is 0 Å². The van der Waals surface area contributed by atoms with E-state index in [9.17, 15) is 18.3 Å². The monoisotopic (exact) mass is 343 g/mol. The van der Waals surface area contributed by atoms with Crippen molar-refractivity contribution in [2.45, 2.75) is 23.4 Å². The number of hydrogen-bond donors (Lipinski definition) is 1. The fraction of sp³-hybridized carbons (Fsp3) is 0.357. The quantitative estimate of drug-likeness (QED) is 0.650. The first kappa shape index (κ1) is 15.5. The Balaban J connectivity index is 2.05. The molecule has 0 aromatic heterocycles. The maximum atomic E-state index is 12.9. The summed E-state index contributed by atoms with van der Waals surface area (Å²) in [6.45, 7) is 0.204. The number of carbonyl (C=O) groups is 1. The lowest BCUT2D eigenvalue weighted by molar-refractivity contribution is -0.123. The molecular formula is C14H14ClNO5S. The molecule has 0 saturated carbocycles. The van der Waals surface area contributed by atoms with Gasteiger partial charge in [-0.15, -0.1) is 0 Å². The number of piperidine rings is 1. The average Bonchev–Trinajstić information content (AvgIpc) is 2.47. The number of nitrogens with zero attached hydrogens (tertiary/aromatic N) is 1. The first-order valence-electron chi connectivity index (χ1n) is 6.69. The molecule has 2 unspecified atom stereocenters. The third-order valence-electron chi connectivity index (χ3n) is 3.88. The predicted molar refractivity (Wildman–Crippen MR) is 79.2 cm³/mol. The first-order valence-corrected chi connectivity index (χ1v) is 8.51. The molecule has 2 atom stereocenters. The van der Waals surface area contributed by atoms with E-state index in [-0.39, 0.29) is 35.9 Å². The SMILES string of the molecule is O=C1CC2COCC(/C1=C/O)N2S(=O)(=O)c1ccc(Cl)cc1. The standard InChI is InChI=1S/C14H14ClNO5S/c15-9-1-3-11(4-2-9)22(19,20)16-10-5-14(18)12(6-17)13(16)8-21-7-10/h1-4,6,10,13,17H,5,7-8H2/b12-6-. The first-order chi connectivity index (χ1) is 10.4. The molecule has 0 amide bonds. The molecule has 2 saturated heterocycles. The van der Waals surface area contributed by atoms with Gasteiger partial charge in [-0.25, -0.2) is 8.42 Å². The molecular weight excluding hydrogens is 330 g/mol. The second kappa shape index (κ2) is 5.66. The van der Waals surface area contributed by atoms with Crippen LogP contribution in [0.15, 0.2) is 41.0 Å². The Hall–Kier alpha value is -1.41. The number of ketones is 1. The zero-order chi connectivity index (χ0) is 15.9. The van der Waals surface area contributed by atoms with E-state index in [1.807, 2.05) is 0 Å². The molecule has 0 radical (unpaired) electrons. The Morgan fingerprint density at radius 3 is 2.59 bits per heavy atom. The number of halogens is 1. The van der Waals surface area contributed by atoms with Crippen molar-refractivity contribution < 1.29 is 23.1 Å². The number of ether oxygens (including phenoxy) is 1. The summed E-state index contributed by atoms with van der Waals surface area (Å²) in [5.74, 6) is -0.247. The minimum absolute atomic E-state index is 0.00425. The number of aliphatic hydroxyl groups excluding tert-OH is 1. The lowest BCUT2D eigenvalue weighted by atomic mass is 9.91. The van der Waals surface area contributed by atoms with Crippen LogP contribution < -0.4 is 0 Å². The average molecular weight is 344 g/mol. The van der Waals surface area contributed by atoms with Crippen molar-refractivity contribution in [2.24, 2.45) is 0 Å². The Labute approximate surface area is 133 Å². The Bertz CT molecular complexity index is 728. The number of aliphatic hydroxyl groups is 1. The highest BCUT2D eigenvalue weighted by atomic mass is 35.5. The van der Waals surface area contributed by atoms with Crippen LogP contribution in [-0.2, 0) is 19.6 Å². The Kier molecular flexibility index (Phi) is 3.98. The van der Waals surface area contributed by atoms with Gasteiger partial charge in [0.25, 0.3) is 0 Å². The van der Waals surface area contributed by atoms with E-state index in [4.69, 9.17) is 16.3 Å². The van der Waals surface area contributed by atoms with Crippen LogP contribution >= 0.6 is 11.6 Å². The van der Waals surface area contributed by atoms with Crippen molar-refractivity contribution in [2.75, 3.05) is 13.2 Å². The van der Waals surface area contributed by atoms with Crippen LogP contribution in [0.1, 0.15) is 6.42 Å². The van der Waals surface area contributed by atoms with E-state index in [1.165, 1.54) is 28.6 Å². The fourth-order valence-corrected chi connectivity index (χ4v) is 4.75. The van der Waals surface area contributed by atoms with Crippen LogP contribution in [0.4, 0.5) is 0 Å². The molecule has 2 aliphatic rings. The van der Waals surface area contributed by atoms with Crippen molar-refractivity contribution in [3.05, 3.63) is 41.1 Å². The summed E-state index contributed by atoms with van der Waals surface area (Å²) >= 11 is 5.79. The second-order valence-corrected chi connectivity index (χ2v) is 7.49. The van der Waals surface area contributed by atoms with E-state index >= 15 is 0 Å². The van der Waals surface area contributed by atoms with E-state index in [2.05, 4.69) is 0 Å². The zero-order valence-corrected chi connectivity index (χ0v) is 13.0. The fourth-order valence-electron chi connectivity index (χ4n) is 2.86. The number of fused-ring (bicyclic) bond motifs is 2. The van der Waals surface area contributed by atoms with Crippen molar-refractivity contribution >= 4 is 27.4 Å². The molecule has 8 heteroatoms. The molecule has 0 spiro atoms. The van der Waals surface area contributed by atoms with Crippen molar-refractivity contribution in [1.29, 1.82) is 0 Å². The van der Waals surface area contributed by atoms with Crippen molar-refractivity contribution in [3.8, 4) is 0 Å². The summed E-state index contributed by atoms with van der Waals surface area (Å²) in [7, 11) is -3.81. The van der Waals surface area contributed by atoms with Gasteiger partial charge in [0.1, 0.15) is 0 Å². The Morgan fingerprint density at radius 2 is 1.95 bits per heavy atom.